The van der Waals surface area contributed by atoms with Crippen LogP contribution in [0.3, 0.4) is 0 Å². The third-order valence-corrected chi connectivity index (χ3v) is 7.23. The van der Waals surface area contributed by atoms with Gasteiger partial charge in [-0.05, 0) is 42.9 Å². The highest BCUT2D eigenvalue weighted by Gasteiger charge is 2.53. The molecule has 8 heteroatoms. The number of methoxy groups -OCH3 is 2. The molecule has 1 fully saturated rings. The molecule has 3 aliphatic rings. The number of thiazole rings is 1. The fourth-order valence-corrected chi connectivity index (χ4v) is 5.61. The number of rotatable bonds is 4. The minimum atomic E-state index is -0.612. The Bertz CT molecular complexity index is 1060. The standard InChI is InChI=1S/C23H24N2O5S/c1-12-4-6-15-14(10-12)20(26)18-19(13-5-7-16(28-2)17(11-13)29-3)25(22(27)21(18)30-15)23-24-8-9-31-23/h5,7-9,11-12,14-15,19H,4,6,10H2,1-3H3. The first kappa shape index (κ1) is 20.1. The number of carbonyl (C=O) groups excluding carboxylic acids is 2. The van der Waals surface area contributed by atoms with Gasteiger partial charge in [0.15, 0.2) is 28.2 Å². The van der Waals surface area contributed by atoms with Crippen molar-refractivity contribution in [2.24, 2.45) is 11.8 Å². The molecular weight excluding hydrogens is 416 g/mol. The van der Waals surface area contributed by atoms with Gasteiger partial charge in [-0.3, -0.25) is 14.5 Å². The highest BCUT2D eigenvalue weighted by Crippen LogP contribution is 2.50. The zero-order valence-electron chi connectivity index (χ0n) is 17.7. The predicted molar refractivity (Wildman–Crippen MR) is 115 cm³/mol. The number of fused-ring (bicyclic) bond motifs is 1. The quantitative estimate of drug-likeness (QED) is 0.718. The summed E-state index contributed by atoms with van der Waals surface area (Å²) in [4.78, 5) is 33.1. The topological polar surface area (TPSA) is 78.0 Å². The number of amides is 1. The van der Waals surface area contributed by atoms with Gasteiger partial charge in [-0.15, -0.1) is 11.3 Å². The van der Waals surface area contributed by atoms with Gasteiger partial charge in [0.2, 0.25) is 0 Å². The Morgan fingerprint density at radius 3 is 2.68 bits per heavy atom. The molecule has 4 unspecified atom stereocenters. The van der Waals surface area contributed by atoms with Crippen molar-refractivity contribution in [3.63, 3.8) is 0 Å². The van der Waals surface area contributed by atoms with E-state index in [1.807, 2.05) is 17.5 Å². The van der Waals surface area contributed by atoms with Crippen LogP contribution in [0.2, 0.25) is 0 Å². The molecule has 2 aliphatic heterocycles. The second kappa shape index (κ2) is 7.67. The van der Waals surface area contributed by atoms with Gasteiger partial charge in [0.1, 0.15) is 6.10 Å². The van der Waals surface area contributed by atoms with Crippen molar-refractivity contribution in [3.8, 4) is 11.5 Å². The number of aromatic nitrogens is 1. The van der Waals surface area contributed by atoms with Crippen LogP contribution in [-0.4, -0.2) is 37.0 Å². The van der Waals surface area contributed by atoms with Gasteiger partial charge >= 0.3 is 0 Å². The molecule has 0 saturated heterocycles. The molecule has 4 atom stereocenters. The van der Waals surface area contributed by atoms with Crippen molar-refractivity contribution in [3.05, 3.63) is 46.7 Å². The van der Waals surface area contributed by atoms with E-state index in [2.05, 4.69) is 11.9 Å². The minimum Gasteiger partial charge on any atom is -0.493 e. The van der Waals surface area contributed by atoms with E-state index in [-0.39, 0.29) is 29.5 Å². The SMILES string of the molecule is COc1ccc(C2C3=C(OC4CCC(C)CC4C3=O)C(=O)N2c2nccs2)cc1OC. The summed E-state index contributed by atoms with van der Waals surface area (Å²) in [6, 6.07) is 4.85. The molecule has 31 heavy (non-hydrogen) atoms. The summed E-state index contributed by atoms with van der Waals surface area (Å²) >= 11 is 1.36. The zero-order chi connectivity index (χ0) is 21.7. The minimum absolute atomic E-state index is 0.0185. The number of nitrogens with zero attached hydrogens (tertiary/aromatic N) is 2. The third kappa shape index (κ3) is 3.12. The Hall–Kier alpha value is -2.87. The predicted octanol–water partition coefficient (Wildman–Crippen LogP) is 3.91. The molecule has 0 spiro atoms. The molecule has 5 rings (SSSR count). The molecule has 1 aromatic heterocycles. The number of benzene rings is 1. The Morgan fingerprint density at radius 2 is 1.97 bits per heavy atom. The Balaban J connectivity index is 1.65. The van der Waals surface area contributed by atoms with Gasteiger partial charge in [-0.1, -0.05) is 13.0 Å². The van der Waals surface area contributed by atoms with E-state index in [9.17, 15) is 9.59 Å². The Morgan fingerprint density at radius 1 is 1.16 bits per heavy atom. The number of anilines is 1. The molecule has 0 radical (unpaired) electrons. The highest BCUT2D eigenvalue weighted by atomic mass is 32.1. The number of carbonyl (C=O) groups is 2. The number of hydrogen-bond acceptors (Lipinski definition) is 7. The van der Waals surface area contributed by atoms with E-state index in [1.54, 1.807) is 31.4 Å². The van der Waals surface area contributed by atoms with Crippen molar-refractivity contribution in [2.45, 2.75) is 38.3 Å². The molecule has 2 aromatic rings. The monoisotopic (exact) mass is 440 g/mol. The second-order valence-corrected chi connectivity index (χ2v) is 9.17. The van der Waals surface area contributed by atoms with E-state index in [0.717, 1.165) is 24.8 Å². The summed E-state index contributed by atoms with van der Waals surface area (Å²) in [5.41, 5.74) is 1.19. The van der Waals surface area contributed by atoms with Crippen LogP contribution in [0.5, 0.6) is 11.5 Å². The average Bonchev–Trinajstić information content (AvgIpc) is 3.40. The van der Waals surface area contributed by atoms with Gasteiger partial charge in [-0.25, -0.2) is 4.98 Å². The summed E-state index contributed by atoms with van der Waals surface area (Å²) in [6.45, 7) is 2.17. The van der Waals surface area contributed by atoms with E-state index in [1.165, 1.54) is 11.3 Å². The molecule has 1 aromatic carbocycles. The Labute approximate surface area is 184 Å². The fraction of sp³-hybridized carbons (Fsp3) is 0.435. The molecule has 0 bridgehead atoms. The number of hydrogen-bond donors (Lipinski definition) is 0. The lowest BCUT2D eigenvalue weighted by Crippen LogP contribution is -2.41. The number of ketones is 1. The van der Waals surface area contributed by atoms with E-state index < -0.39 is 6.04 Å². The van der Waals surface area contributed by atoms with Crippen LogP contribution >= 0.6 is 11.3 Å². The van der Waals surface area contributed by atoms with Crippen LogP contribution in [0.1, 0.15) is 37.8 Å². The summed E-state index contributed by atoms with van der Waals surface area (Å²) in [5, 5.41) is 2.35. The summed E-state index contributed by atoms with van der Waals surface area (Å²) in [6.07, 6.45) is 4.00. The van der Waals surface area contributed by atoms with Gasteiger partial charge in [-0.2, -0.15) is 0 Å². The van der Waals surface area contributed by atoms with Crippen molar-refractivity contribution in [1.29, 1.82) is 0 Å². The molecule has 7 nitrogen and oxygen atoms in total. The molecular formula is C23H24N2O5S. The van der Waals surface area contributed by atoms with Crippen LogP contribution in [0, 0.1) is 11.8 Å². The maximum atomic E-state index is 13.7. The molecule has 3 heterocycles. The molecule has 1 amide bonds. The van der Waals surface area contributed by atoms with Crippen LogP contribution in [0.4, 0.5) is 5.13 Å². The van der Waals surface area contributed by atoms with Crippen molar-refractivity contribution < 1.29 is 23.8 Å². The number of ether oxygens (including phenoxy) is 3. The second-order valence-electron chi connectivity index (χ2n) is 8.29. The van der Waals surface area contributed by atoms with E-state index in [4.69, 9.17) is 14.2 Å². The van der Waals surface area contributed by atoms with E-state index >= 15 is 0 Å². The summed E-state index contributed by atoms with van der Waals surface area (Å²) in [7, 11) is 3.13. The maximum Gasteiger partial charge on any atom is 0.296 e. The number of Topliss-reactive ketones (excluding diaryl/α,β-unsaturated/α-hetero) is 1. The van der Waals surface area contributed by atoms with Crippen LogP contribution in [0.25, 0.3) is 0 Å². The maximum absolute atomic E-state index is 13.7. The summed E-state index contributed by atoms with van der Waals surface area (Å²) in [5.74, 6) is 1.25. The van der Waals surface area contributed by atoms with Crippen molar-refractivity contribution in [2.75, 3.05) is 19.1 Å². The Kier molecular flexibility index (Phi) is 4.97. The van der Waals surface area contributed by atoms with Gasteiger partial charge in [0.25, 0.3) is 5.91 Å². The normalized spacial score (nSPS) is 27.6. The van der Waals surface area contributed by atoms with Crippen molar-refractivity contribution >= 4 is 28.2 Å². The molecule has 162 valence electrons. The van der Waals surface area contributed by atoms with Crippen LogP contribution < -0.4 is 14.4 Å². The molecule has 1 saturated carbocycles. The highest BCUT2D eigenvalue weighted by molar-refractivity contribution is 7.13. The smallest absolute Gasteiger partial charge is 0.296 e. The third-order valence-electron chi connectivity index (χ3n) is 6.46. The lowest BCUT2D eigenvalue weighted by atomic mass is 9.74. The zero-order valence-corrected chi connectivity index (χ0v) is 18.5. The van der Waals surface area contributed by atoms with Crippen molar-refractivity contribution in [1.82, 2.24) is 4.98 Å². The molecule has 1 aliphatic carbocycles. The largest absolute Gasteiger partial charge is 0.493 e. The lowest BCUT2D eigenvalue weighted by Gasteiger charge is -2.37. The van der Waals surface area contributed by atoms with Crippen LogP contribution in [0.15, 0.2) is 41.1 Å². The van der Waals surface area contributed by atoms with Gasteiger partial charge < -0.3 is 14.2 Å². The van der Waals surface area contributed by atoms with E-state index in [0.29, 0.717) is 28.1 Å². The lowest BCUT2D eigenvalue weighted by molar-refractivity contribution is -0.132. The first-order valence-electron chi connectivity index (χ1n) is 10.4. The van der Waals surface area contributed by atoms with Gasteiger partial charge in [0, 0.05) is 11.6 Å². The van der Waals surface area contributed by atoms with Crippen LogP contribution in [-0.2, 0) is 14.3 Å². The summed E-state index contributed by atoms with van der Waals surface area (Å²) < 4.78 is 17.1. The first-order chi connectivity index (χ1) is 15.0. The molecule has 0 N–H and O–H groups in total. The van der Waals surface area contributed by atoms with Gasteiger partial charge in [0.05, 0.1) is 31.8 Å². The average molecular weight is 441 g/mol. The fourth-order valence-electron chi connectivity index (χ4n) is 4.95. The first-order valence-corrected chi connectivity index (χ1v) is 11.3.